The Morgan fingerprint density at radius 1 is 1.43 bits per heavy atom. The molecule has 1 fully saturated rings. The first kappa shape index (κ1) is 16.3. The van der Waals surface area contributed by atoms with Crippen molar-refractivity contribution in [2.45, 2.75) is 38.0 Å². The number of rotatable bonds is 2. The van der Waals surface area contributed by atoms with E-state index in [1.807, 2.05) is 6.92 Å². The van der Waals surface area contributed by atoms with Crippen molar-refractivity contribution in [3.63, 3.8) is 0 Å². The van der Waals surface area contributed by atoms with Crippen LogP contribution in [0.15, 0.2) is 22.7 Å². The molecular formula is C14H16BrF3N2O. The summed E-state index contributed by atoms with van der Waals surface area (Å²) in [4.78, 5) is 12.2. The summed E-state index contributed by atoms with van der Waals surface area (Å²) in [6, 6.07) is 3.72. The number of amides is 1. The van der Waals surface area contributed by atoms with Gasteiger partial charge in [-0.15, -0.1) is 0 Å². The third-order valence-electron chi connectivity index (χ3n) is 3.49. The minimum absolute atomic E-state index is 0.0986. The van der Waals surface area contributed by atoms with Crippen LogP contribution in [0.3, 0.4) is 0 Å². The van der Waals surface area contributed by atoms with E-state index < -0.39 is 17.6 Å². The van der Waals surface area contributed by atoms with E-state index in [2.05, 4.69) is 26.6 Å². The molecule has 2 N–H and O–H groups in total. The van der Waals surface area contributed by atoms with Crippen LogP contribution < -0.4 is 10.6 Å². The van der Waals surface area contributed by atoms with E-state index in [0.717, 1.165) is 12.6 Å². The molecule has 0 aliphatic carbocycles. The molecule has 0 saturated carbocycles. The van der Waals surface area contributed by atoms with Gasteiger partial charge in [0, 0.05) is 16.6 Å². The van der Waals surface area contributed by atoms with Gasteiger partial charge < -0.3 is 10.6 Å². The molecule has 2 atom stereocenters. The topological polar surface area (TPSA) is 41.1 Å². The predicted octanol–water partition coefficient (Wildman–Crippen LogP) is 3.34. The van der Waals surface area contributed by atoms with Gasteiger partial charge in [0.15, 0.2) is 0 Å². The lowest BCUT2D eigenvalue weighted by atomic mass is 9.99. The molecule has 1 saturated heterocycles. The molecule has 2 unspecified atom stereocenters. The Morgan fingerprint density at radius 3 is 2.76 bits per heavy atom. The molecule has 3 nitrogen and oxygen atoms in total. The second kappa shape index (κ2) is 6.36. The second-order valence-electron chi connectivity index (χ2n) is 5.24. The van der Waals surface area contributed by atoms with E-state index in [-0.39, 0.29) is 17.6 Å². The van der Waals surface area contributed by atoms with Crippen molar-refractivity contribution in [3.8, 4) is 0 Å². The number of alkyl halides is 3. The zero-order valence-corrected chi connectivity index (χ0v) is 13.0. The quantitative estimate of drug-likeness (QED) is 0.844. The Balaban J connectivity index is 2.19. The van der Waals surface area contributed by atoms with Crippen LogP contribution in [0.25, 0.3) is 0 Å². The zero-order valence-electron chi connectivity index (χ0n) is 11.4. The molecule has 116 valence electrons. The SMILES string of the molecule is CC1CC(NC(=O)c2ccc(Br)cc2C(F)(F)F)CCN1. The van der Waals surface area contributed by atoms with Crippen LogP contribution in [0.4, 0.5) is 13.2 Å². The number of carbonyl (C=O) groups is 1. The normalized spacial score (nSPS) is 22.9. The van der Waals surface area contributed by atoms with Gasteiger partial charge in [-0.05, 0) is 44.5 Å². The summed E-state index contributed by atoms with van der Waals surface area (Å²) >= 11 is 3.00. The molecule has 0 aromatic heterocycles. The molecule has 1 aliphatic rings. The highest BCUT2D eigenvalue weighted by Crippen LogP contribution is 2.34. The maximum atomic E-state index is 13.0. The molecule has 21 heavy (non-hydrogen) atoms. The first-order chi connectivity index (χ1) is 9.77. The van der Waals surface area contributed by atoms with Crippen LogP contribution in [0, 0.1) is 0 Å². The van der Waals surface area contributed by atoms with Crippen molar-refractivity contribution in [3.05, 3.63) is 33.8 Å². The summed E-state index contributed by atoms with van der Waals surface area (Å²) in [5, 5.41) is 5.93. The van der Waals surface area contributed by atoms with Crippen molar-refractivity contribution in [1.82, 2.24) is 10.6 Å². The van der Waals surface area contributed by atoms with Crippen LogP contribution >= 0.6 is 15.9 Å². The highest BCUT2D eigenvalue weighted by Gasteiger charge is 2.36. The van der Waals surface area contributed by atoms with Gasteiger partial charge in [0.25, 0.3) is 5.91 Å². The maximum Gasteiger partial charge on any atom is 0.417 e. The third-order valence-corrected chi connectivity index (χ3v) is 3.98. The number of piperidine rings is 1. The van der Waals surface area contributed by atoms with Crippen LogP contribution in [-0.2, 0) is 6.18 Å². The molecule has 0 bridgehead atoms. The fourth-order valence-electron chi connectivity index (χ4n) is 2.48. The number of hydrogen-bond donors (Lipinski definition) is 2. The van der Waals surface area contributed by atoms with Gasteiger partial charge in [-0.1, -0.05) is 15.9 Å². The fourth-order valence-corrected chi connectivity index (χ4v) is 2.84. The molecule has 1 aromatic carbocycles. The number of halogens is 4. The van der Waals surface area contributed by atoms with Gasteiger partial charge in [0.2, 0.25) is 0 Å². The first-order valence-electron chi connectivity index (χ1n) is 6.68. The number of benzene rings is 1. The van der Waals surface area contributed by atoms with Gasteiger partial charge in [0.05, 0.1) is 11.1 Å². The molecular weight excluding hydrogens is 349 g/mol. The lowest BCUT2D eigenvalue weighted by Crippen LogP contribution is -2.46. The van der Waals surface area contributed by atoms with Crippen LogP contribution in [-0.4, -0.2) is 24.5 Å². The number of nitrogens with one attached hydrogen (secondary N) is 2. The maximum absolute atomic E-state index is 13.0. The van der Waals surface area contributed by atoms with Gasteiger partial charge in [0.1, 0.15) is 0 Å². The molecule has 0 radical (unpaired) electrons. The Labute approximate surface area is 129 Å². The van der Waals surface area contributed by atoms with Crippen molar-refractivity contribution in [2.24, 2.45) is 0 Å². The average Bonchev–Trinajstić information content (AvgIpc) is 2.37. The van der Waals surface area contributed by atoms with Crippen molar-refractivity contribution >= 4 is 21.8 Å². The molecule has 1 aromatic rings. The molecule has 0 spiro atoms. The minimum Gasteiger partial charge on any atom is -0.349 e. The third kappa shape index (κ3) is 4.20. The first-order valence-corrected chi connectivity index (χ1v) is 7.47. The lowest BCUT2D eigenvalue weighted by molar-refractivity contribution is -0.138. The summed E-state index contributed by atoms with van der Waals surface area (Å²) in [5.41, 5.74) is -1.26. The highest BCUT2D eigenvalue weighted by molar-refractivity contribution is 9.10. The fraction of sp³-hybridized carbons (Fsp3) is 0.500. The Bertz CT molecular complexity index is 533. The van der Waals surface area contributed by atoms with Crippen molar-refractivity contribution < 1.29 is 18.0 Å². The second-order valence-corrected chi connectivity index (χ2v) is 6.15. The van der Waals surface area contributed by atoms with E-state index in [1.54, 1.807) is 0 Å². The van der Waals surface area contributed by atoms with E-state index in [0.29, 0.717) is 17.3 Å². The van der Waals surface area contributed by atoms with Crippen molar-refractivity contribution in [2.75, 3.05) is 6.54 Å². The minimum atomic E-state index is -4.56. The number of carbonyl (C=O) groups excluding carboxylic acids is 1. The predicted molar refractivity (Wildman–Crippen MR) is 77.1 cm³/mol. The van der Waals surface area contributed by atoms with E-state index in [9.17, 15) is 18.0 Å². The van der Waals surface area contributed by atoms with Gasteiger partial charge in [-0.25, -0.2) is 0 Å². The molecule has 1 amide bonds. The molecule has 7 heteroatoms. The van der Waals surface area contributed by atoms with Gasteiger partial charge in [-0.2, -0.15) is 13.2 Å². The average molecular weight is 365 g/mol. The Kier molecular flexibility index (Phi) is 4.93. The molecule has 1 heterocycles. The van der Waals surface area contributed by atoms with Crippen LogP contribution in [0.1, 0.15) is 35.7 Å². The van der Waals surface area contributed by atoms with E-state index in [4.69, 9.17) is 0 Å². The van der Waals surface area contributed by atoms with E-state index in [1.165, 1.54) is 12.1 Å². The zero-order chi connectivity index (χ0) is 15.6. The smallest absolute Gasteiger partial charge is 0.349 e. The van der Waals surface area contributed by atoms with Gasteiger partial charge >= 0.3 is 6.18 Å². The largest absolute Gasteiger partial charge is 0.417 e. The lowest BCUT2D eigenvalue weighted by Gasteiger charge is -2.29. The Hall–Kier alpha value is -1.08. The molecule has 2 rings (SSSR count). The van der Waals surface area contributed by atoms with Crippen molar-refractivity contribution in [1.29, 1.82) is 0 Å². The highest BCUT2D eigenvalue weighted by atomic mass is 79.9. The van der Waals surface area contributed by atoms with Gasteiger partial charge in [-0.3, -0.25) is 4.79 Å². The number of hydrogen-bond acceptors (Lipinski definition) is 2. The summed E-state index contributed by atoms with van der Waals surface area (Å²) < 4.78 is 39.3. The standard InChI is InChI=1S/C14H16BrF3N2O/c1-8-6-10(4-5-19-8)20-13(21)11-3-2-9(15)7-12(11)14(16,17)18/h2-3,7-8,10,19H,4-6H2,1H3,(H,20,21). The monoisotopic (exact) mass is 364 g/mol. The molecule has 1 aliphatic heterocycles. The van der Waals surface area contributed by atoms with Crippen LogP contribution in [0.5, 0.6) is 0 Å². The Morgan fingerprint density at radius 2 is 2.14 bits per heavy atom. The summed E-state index contributed by atoms with van der Waals surface area (Å²) in [6.45, 7) is 2.73. The summed E-state index contributed by atoms with van der Waals surface area (Å²) in [7, 11) is 0. The summed E-state index contributed by atoms with van der Waals surface area (Å²) in [6.07, 6.45) is -3.13. The van der Waals surface area contributed by atoms with Crippen LogP contribution in [0.2, 0.25) is 0 Å². The summed E-state index contributed by atoms with van der Waals surface area (Å²) in [5.74, 6) is -0.672. The van der Waals surface area contributed by atoms with E-state index >= 15 is 0 Å².